The third-order valence-electron chi connectivity index (χ3n) is 4.42. The van der Waals surface area contributed by atoms with E-state index in [4.69, 9.17) is 9.47 Å². The zero-order valence-corrected chi connectivity index (χ0v) is 15.6. The Hall–Kier alpha value is -2.63. The first kappa shape index (κ1) is 19.7. The molecule has 0 aliphatic carbocycles. The second kappa shape index (κ2) is 9.75. The Bertz CT molecular complexity index is 712. The largest absolute Gasteiger partial charge is 0.466 e. The lowest BCUT2D eigenvalue weighted by Gasteiger charge is -2.24. The summed E-state index contributed by atoms with van der Waals surface area (Å²) < 4.78 is 12.6. The lowest BCUT2D eigenvalue weighted by molar-refractivity contribution is -0.155. The summed E-state index contributed by atoms with van der Waals surface area (Å²) >= 11 is 0. The van der Waals surface area contributed by atoms with Crippen LogP contribution in [-0.4, -0.2) is 28.1 Å². The monoisotopic (exact) mass is 358 g/mol. The third-order valence-corrected chi connectivity index (χ3v) is 4.42. The van der Waals surface area contributed by atoms with Crippen LogP contribution < -0.4 is 0 Å². The lowest BCUT2D eigenvalue weighted by Crippen LogP contribution is -2.31. The van der Waals surface area contributed by atoms with E-state index in [1.54, 1.807) is 12.5 Å². The Morgan fingerprint density at radius 2 is 1.92 bits per heavy atom. The Labute approximate surface area is 154 Å². The summed E-state index contributed by atoms with van der Waals surface area (Å²) in [7, 11) is 1.90. The number of benzene rings is 1. The number of hydrogen-bond donors (Lipinski definition) is 0. The molecule has 1 heterocycles. The molecule has 0 amide bonds. The van der Waals surface area contributed by atoms with Crippen LogP contribution in [0.1, 0.15) is 31.5 Å². The van der Waals surface area contributed by atoms with Crippen LogP contribution in [0, 0.1) is 11.8 Å². The zero-order chi connectivity index (χ0) is 18.9. The van der Waals surface area contributed by atoms with Crippen LogP contribution in [-0.2, 0) is 39.1 Å². The van der Waals surface area contributed by atoms with Gasteiger partial charge in [0.1, 0.15) is 6.61 Å². The molecule has 2 atom stereocenters. The number of nitrogens with zero attached hydrogens (tertiary/aromatic N) is 2. The van der Waals surface area contributed by atoms with E-state index < -0.39 is 0 Å². The van der Waals surface area contributed by atoms with Gasteiger partial charge in [-0.3, -0.25) is 9.59 Å². The van der Waals surface area contributed by atoms with Gasteiger partial charge in [0.2, 0.25) is 0 Å². The molecular weight excluding hydrogens is 332 g/mol. The fourth-order valence-electron chi connectivity index (χ4n) is 2.92. The number of ether oxygens (including phenoxy) is 2. The summed E-state index contributed by atoms with van der Waals surface area (Å²) in [5.74, 6) is -1.14. The van der Waals surface area contributed by atoms with E-state index >= 15 is 0 Å². The number of imidazole rings is 1. The third kappa shape index (κ3) is 5.72. The van der Waals surface area contributed by atoms with E-state index in [-0.39, 0.29) is 37.0 Å². The van der Waals surface area contributed by atoms with Crippen LogP contribution in [0.15, 0.2) is 42.9 Å². The van der Waals surface area contributed by atoms with Crippen LogP contribution in [0.3, 0.4) is 0 Å². The van der Waals surface area contributed by atoms with E-state index in [9.17, 15) is 9.59 Å². The van der Waals surface area contributed by atoms with Crippen molar-refractivity contribution < 1.29 is 19.1 Å². The Morgan fingerprint density at radius 3 is 2.50 bits per heavy atom. The maximum atomic E-state index is 12.7. The molecule has 2 aromatic rings. The summed E-state index contributed by atoms with van der Waals surface area (Å²) in [6, 6.07) is 9.57. The minimum Gasteiger partial charge on any atom is -0.466 e. The number of aryl methyl sites for hydroxylation is 1. The summed E-state index contributed by atoms with van der Waals surface area (Å²) in [6.45, 7) is 3.73. The van der Waals surface area contributed by atoms with Gasteiger partial charge in [-0.1, -0.05) is 37.3 Å². The molecule has 0 radical (unpaired) electrons. The molecule has 2 rings (SSSR count). The van der Waals surface area contributed by atoms with Crippen LogP contribution >= 0.6 is 0 Å². The van der Waals surface area contributed by atoms with Crippen molar-refractivity contribution in [1.29, 1.82) is 0 Å². The van der Waals surface area contributed by atoms with Gasteiger partial charge in [0.15, 0.2) is 0 Å². The van der Waals surface area contributed by atoms with Crippen molar-refractivity contribution in [2.45, 2.75) is 33.3 Å². The summed E-state index contributed by atoms with van der Waals surface area (Å²) in [6.07, 6.45) is 4.68. The first-order valence-electron chi connectivity index (χ1n) is 8.80. The number of carbonyl (C=O) groups is 2. The minimum absolute atomic E-state index is 0.164. The quantitative estimate of drug-likeness (QED) is 0.645. The number of esters is 2. The molecule has 0 aliphatic heterocycles. The van der Waals surface area contributed by atoms with Crippen molar-refractivity contribution in [3.63, 3.8) is 0 Å². The summed E-state index contributed by atoms with van der Waals surface area (Å²) in [5, 5.41) is 0. The summed E-state index contributed by atoms with van der Waals surface area (Å²) in [5.41, 5.74) is 1.93. The highest BCUT2D eigenvalue weighted by molar-refractivity contribution is 5.73. The number of aromatic nitrogens is 2. The molecule has 0 fully saturated rings. The van der Waals surface area contributed by atoms with Crippen molar-refractivity contribution in [3.05, 3.63) is 54.1 Å². The van der Waals surface area contributed by atoms with E-state index in [2.05, 4.69) is 4.98 Å². The number of carbonyl (C=O) groups excluding carboxylic acids is 2. The fourth-order valence-corrected chi connectivity index (χ4v) is 2.92. The van der Waals surface area contributed by atoms with Crippen LogP contribution in [0.25, 0.3) is 0 Å². The molecule has 0 saturated carbocycles. The first-order chi connectivity index (χ1) is 12.5. The molecule has 1 aromatic carbocycles. The van der Waals surface area contributed by atoms with Gasteiger partial charge in [-0.15, -0.1) is 0 Å². The molecule has 6 nitrogen and oxygen atoms in total. The van der Waals surface area contributed by atoms with E-state index in [0.29, 0.717) is 12.8 Å². The predicted octanol–water partition coefficient (Wildman–Crippen LogP) is 2.91. The standard InChI is InChI=1S/C20H26N2O4/c1-4-19(20(24)26-12-16-8-6-5-7-9-16)17(13-25-15(2)23)10-18-11-21-14-22(18)3/h5-9,11,14,17,19H,4,10,12-13H2,1-3H3/t17-,19-/m0/s1. The molecule has 0 saturated heterocycles. The maximum Gasteiger partial charge on any atom is 0.309 e. The summed E-state index contributed by atoms with van der Waals surface area (Å²) in [4.78, 5) is 28.0. The van der Waals surface area contributed by atoms with Gasteiger partial charge in [-0.05, 0) is 18.4 Å². The highest BCUT2D eigenvalue weighted by Crippen LogP contribution is 2.23. The molecular formula is C20H26N2O4. The maximum absolute atomic E-state index is 12.7. The van der Waals surface area contributed by atoms with E-state index in [1.165, 1.54) is 6.92 Å². The second-order valence-electron chi connectivity index (χ2n) is 6.37. The van der Waals surface area contributed by atoms with Crippen molar-refractivity contribution >= 4 is 11.9 Å². The minimum atomic E-state index is -0.354. The molecule has 1 aromatic heterocycles. The molecule has 0 N–H and O–H groups in total. The van der Waals surface area contributed by atoms with Crippen molar-refractivity contribution in [2.24, 2.45) is 18.9 Å². The first-order valence-corrected chi connectivity index (χ1v) is 8.80. The molecule has 6 heteroatoms. The normalized spacial score (nSPS) is 13.0. The highest BCUT2D eigenvalue weighted by Gasteiger charge is 2.30. The van der Waals surface area contributed by atoms with Gasteiger partial charge < -0.3 is 14.0 Å². The zero-order valence-electron chi connectivity index (χ0n) is 15.6. The molecule has 26 heavy (non-hydrogen) atoms. The second-order valence-corrected chi connectivity index (χ2v) is 6.37. The van der Waals surface area contributed by atoms with Gasteiger partial charge in [0.25, 0.3) is 0 Å². The number of hydrogen-bond acceptors (Lipinski definition) is 5. The van der Waals surface area contributed by atoms with Crippen LogP contribution in [0.4, 0.5) is 0 Å². The highest BCUT2D eigenvalue weighted by atomic mass is 16.5. The SMILES string of the molecule is CC[C@H](C(=O)OCc1ccccc1)[C@H](COC(C)=O)Cc1cncn1C. The molecule has 0 unspecified atom stereocenters. The molecule has 0 aliphatic rings. The van der Waals surface area contributed by atoms with Gasteiger partial charge in [0, 0.05) is 31.8 Å². The Morgan fingerprint density at radius 1 is 1.19 bits per heavy atom. The molecule has 140 valence electrons. The Balaban J connectivity index is 2.06. The van der Waals surface area contributed by atoms with E-state index in [1.807, 2.05) is 48.9 Å². The topological polar surface area (TPSA) is 70.4 Å². The smallest absolute Gasteiger partial charge is 0.309 e. The average molecular weight is 358 g/mol. The fraction of sp³-hybridized carbons (Fsp3) is 0.450. The van der Waals surface area contributed by atoms with Crippen LogP contribution in [0.5, 0.6) is 0 Å². The van der Waals surface area contributed by atoms with E-state index in [0.717, 1.165) is 11.3 Å². The van der Waals surface area contributed by atoms with Crippen molar-refractivity contribution in [2.75, 3.05) is 6.61 Å². The lowest BCUT2D eigenvalue weighted by atomic mass is 9.87. The molecule has 0 spiro atoms. The average Bonchev–Trinajstić information content (AvgIpc) is 3.04. The van der Waals surface area contributed by atoms with Crippen molar-refractivity contribution in [1.82, 2.24) is 9.55 Å². The predicted molar refractivity (Wildman–Crippen MR) is 97.1 cm³/mol. The van der Waals surface area contributed by atoms with Crippen molar-refractivity contribution in [3.8, 4) is 0 Å². The van der Waals surface area contributed by atoms with Gasteiger partial charge >= 0.3 is 11.9 Å². The number of rotatable bonds is 9. The van der Waals surface area contributed by atoms with Gasteiger partial charge in [0.05, 0.1) is 18.9 Å². The van der Waals surface area contributed by atoms with Gasteiger partial charge in [-0.25, -0.2) is 4.98 Å². The molecule has 0 bridgehead atoms. The Kier molecular flexibility index (Phi) is 7.38. The van der Waals surface area contributed by atoms with Gasteiger partial charge in [-0.2, -0.15) is 0 Å². The van der Waals surface area contributed by atoms with Crippen LogP contribution in [0.2, 0.25) is 0 Å².